The zero-order valence-electron chi connectivity index (χ0n) is 11.5. The van der Waals surface area contributed by atoms with Crippen molar-refractivity contribution in [2.24, 2.45) is 0 Å². The molecule has 0 unspecified atom stereocenters. The van der Waals surface area contributed by atoms with E-state index in [1.54, 1.807) is 4.90 Å². The Balaban J connectivity index is 2.63. The monoisotopic (exact) mass is 249 g/mol. The van der Waals surface area contributed by atoms with Crippen molar-refractivity contribution in [3.05, 3.63) is 29.8 Å². The molecule has 1 aromatic rings. The van der Waals surface area contributed by atoms with Crippen LogP contribution in [0.4, 0.5) is 10.5 Å². The standard InChI is InChI=1S/C14H23N3O/c1-4-15-11-12-8-7-9-13(10-12)16-14(18)17(5-2)6-3/h7-10,15H,4-6,11H2,1-3H3,(H,16,18). The SMILES string of the molecule is CCNCc1cccc(NC(=O)N(CC)CC)c1. The maximum absolute atomic E-state index is 11.9. The number of carbonyl (C=O) groups excluding carboxylic acids is 1. The zero-order chi connectivity index (χ0) is 13.4. The zero-order valence-corrected chi connectivity index (χ0v) is 11.5. The third-order valence-electron chi connectivity index (χ3n) is 2.81. The van der Waals surface area contributed by atoms with Gasteiger partial charge in [0.1, 0.15) is 0 Å². The molecule has 0 spiro atoms. The lowest BCUT2D eigenvalue weighted by molar-refractivity contribution is 0.217. The van der Waals surface area contributed by atoms with Crippen molar-refractivity contribution < 1.29 is 4.79 Å². The Morgan fingerprint density at radius 1 is 1.22 bits per heavy atom. The first kappa shape index (κ1) is 14.5. The second kappa shape index (κ2) is 7.71. The van der Waals surface area contributed by atoms with Gasteiger partial charge in [0.15, 0.2) is 0 Å². The summed E-state index contributed by atoms with van der Waals surface area (Å²) in [5.74, 6) is 0. The van der Waals surface area contributed by atoms with E-state index < -0.39 is 0 Å². The number of urea groups is 1. The van der Waals surface area contributed by atoms with Crippen LogP contribution in [0.25, 0.3) is 0 Å². The highest BCUT2D eigenvalue weighted by molar-refractivity contribution is 5.89. The van der Waals surface area contributed by atoms with Gasteiger partial charge in [-0.3, -0.25) is 0 Å². The summed E-state index contributed by atoms with van der Waals surface area (Å²) in [5, 5.41) is 6.19. The van der Waals surface area contributed by atoms with Crippen LogP contribution in [0.15, 0.2) is 24.3 Å². The lowest BCUT2D eigenvalue weighted by Gasteiger charge is -2.19. The molecule has 1 rings (SSSR count). The molecule has 0 fully saturated rings. The minimum atomic E-state index is -0.0411. The highest BCUT2D eigenvalue weighted by Gasteiger charge is 2.09. The number of nitrogens with zero attached hydrogens (tertiary/aromatic N) is 1. The summed E-state index contributed by atoms with van der Waals surface area (Å²) in [6, 6.07) is 7.89. The minimum absolute atomic E-state index is 0.0411. The van der Waals surface area contributed by atoms with Crippen molar-refractivity contribution in [3.63, 3.8) is 0 Å². The fourth-order valence-electron chi connectivity index (χ4n) is 1.74. The quantitative estimate of drug-likeness (QED) is 0.814. The predicted octanol–water partition coefficient (Wildman–Crippen LogP) is 2.67. The molecule has 0 saturated carbocycles. The molecule has 0 saturated heterocycles. The van der Waals surface area contributed by atoms with Crippen LogP contribution in [0.3, 0.4) is 0 Å². The average Bonchev–Trinajstić information content (AvgIpc) is 2.38. The number of hydrogen-bond acceptors (Lipinski definition) is 2. The van der Waals surface area contributed by atoms with E-state index in [1.807, 2.05) is 32.0 Å². The first-order valence-electron chi connectivity index (χ1n) is 6.56. The van der Waals surface area contributed by atoms with E-state index in [0.717, 1.165) is 31.9 Å². The number of anilines is 1. The molecule has 4 nitrogen and oxygen atoms in total. The van der Waals surface area contributed by atoms with Crippen molar-refractivity contribution >= 4 is 11.7 Å². The average molecular weight is 249 g/mol. The topological polar surface area (TPSA) is 44.4 Å². The van der Waals surface area contributed by atoms with Crippen LogP contribution >= 0.6 is 0 Å². The Morgan fingerprint density at radius 3 is 2.56 bits per heavy atom. The fraction of sp³-hybridized carbons (Fsp3) is 0.500. The molecule has 0 aliphatic heterocycles. The van der Waals surface area contributed by atoms with E-state index in [2.05, 4.69) is 23.6 Å². The van der Waals surface area contributed by atoms with Crippen molar-refractivity contribution in [1.82, 2.24) is 10.2 Å². The molecule has 0 bridgehead atoms. The Bertz CT molecular complexity index is 375. The number of carbonyl (C=O) groups is 1. The molecule has 0 radical (unpaired) electrons. The van der Waals surface area contributed by atoms with Crippen LogP contribution in [0, 0.1) is 0 Å². The van der Waals surface area contributed by atoms with Gasteiger partial charge in [-0.25, -0.2) is 4.79 Å². The molecule has 0 aliphatic carbocycles. The smallest absolute Gasteiger partial charge is 0.321 e. The van der Waals surface area contributed by atoms with E-state index in [1.165, 1.54) is 5.56 Å². The van der Waals surface area contributed by atoms with Gasteiger partial charge in [0.25, 0.3) is 0 Å². The highest BCUT2D eigenvalue weighted by atomic mass is 16.2. The molecule has 1 aromatic carbocycles. The first-order chi connectivity index (χ1) is 8.71. The van der Waals surface area contributed by atoms with Gasteiger partial charge in [-0.2, -0.15) is 0 Å². The van der Waals surface area contributed by atoms with E-state index in [0.29, 0.717) is 0 Å². The Labute approximate surface area is 109 Å². The molecular weight excluding hydrogens is 226 g/mol. The molecular formula is C14H23N3O. The number of amides is 2. The summed E-state index contributed by atoms with van der Waals surface area (Å²) in [4.78, 5) is 13.7. The summed E-state index contributed by atoms with van der Waals surface area (Å²) in [5.41, 5.74) is 2.02. The van der Waals surface area contributed by atoms with Gasteiger partial charge in [-0.15, -0.1) is 0 Å². The maximum atomic E-state index is 11.9. The molecule has 0 aromatic heterocycles. The molecule has 0 heterocycles. The lowest BCUT2D eigenvalue weighted by Crippen LogP contribution is -2.34. The predicted molar refractivity (Wildman–Crippen MR) is 75.8 cm³/mol. The van der Waals surface area contributed by atoms with E-state index in [-0.39, 0.29) is 6.03 Å². The number of nitrogens with one attached hydrogen (secondary N) is 2. The van der Waals surface area contributed by atoms with Crippen molar-refractivity contribution in [1.29, 1.82) is 0 Å². The van der Waals surface area contributed by atoms with Gasteiger partial charge in [-0.1, -0.05) is 19.1 Å². The normalized spacial score (nSPS) is 10.2. The molecule has 18 heavy (non-hydrogen) atoms. The summed E-state index contributed by atoms with van der Waals surface area (Å²) in [6.07, 6.45) is 0. The van der Waals surface area contributed by atoms with Gasteiger partial charge in [0.2, 0.25) is 0 Å². The van der Waals surface area contributed by atoms with Gasteiger partial charge in [-0.05, 0) is 38.1 Å². The summed E-state index contributed by atoms with van der Waals surface area (Å²) in [7, 11) is 0. The number of rotatable bonds is 6. The van der Waals surface area contributed by atoms with Crippen LogP contribution in [0.5, 0.6) is 0 Å². The van der Waals surface area contributed by atoms with Gasteiger partial charge in [0, 0.05) is 25.3 Å². The number of hydrogen-bond donors (Lipinski definition) is 2. The molecule has 0 atom stereocenters. The summed E-state index contributed by atoms with van der Waals surface area (Å²) < 4.78 is 0. The summed E-state index contributed by atoms with van der Waals surface area (Å²) in [6.45, 7) is 9.24. The van der Waals surface area contributed by atoms with Gasteiger partial charge >= 0.3 is 6.03 Å². The van der Waals surface area contributed by atoms with Crippen LogP contribution in [0.1, 0.15) is 26.3 Å². The summed E-state index contributed by atoms with van der Waals surface area (Å²) >= 11 is 0. The molecule has 100 valence electrons. The molecule has 0 aliphatic rings. The van der Waals surface area contributed by atoms with Gasteiger partial charge < -0.3 is 15.5 Å². The number of benzene rings is 1. The van der Waals surface area contributed by atoms with E-state index in [9.17, 15) is 4.79 Å². The van der Waals surface area contributed by atoms with Crippen molar-refractivity contribution in [2.75, 3.05) is 25.0 Å². The second-order valence-electron chi connectivity index (χ2n) is 4.08. The van der Waals surface area contributed by atoms with Crippen molar-refractivity contribution in [3.8, 4) is 0 Å². The third kappa shape index (κ3) is 4.37. The molecule has 2 N–H and O–H groups in total. The minimum Gasteiger partial charge on any atom is -0.325 e. The Morgan fingerprint density at radius 2 is 1.94 bits per heavy atom. The fourth-order valence-corrected chi connectivity index (χ4v) is 1.74. The van der Waals surface area contributed by atoms with Crippen molar-refractivity contribution in [2.45, 2.75) is 27.3 Å². The van der Waals surface area contributed by atoms with Crippen LogP contribution in [-0.4, -0.2) is 30.6 Å². The Kier molecular flexibility index (Phi) is 6.22. The Hall–Kier alpha value is -1.55. The lowest BCUT2D eigenvalue weighted by atomic mass is 10.2. The van der Waals surface area contributed by atoms with Crippen LogP contribution in [0.2, 0.25) is 0 Å². The van der Waals surface area contributed by atoms with Crippen LogP contribution in [-0.2, 0) is 6.54 Å². The van der Waals surface area contributed by atoms with E-state index >= 15 is 0 Å². The first-order valence-corrected chi connectivity index (χ1v) is 6.56. The highest BCUT2D eigenvalue weighted by Crippen LogP contribution is 2.11. The second-order valence-corrected chi connectivity index (χ2v) is 4.08. The van der Waals surface area contributed by atoms with Crippen LogP contribution < -0.4 is 10.6 Å². The molecule has 2 amide bonds. The molecule has 4 heteroatoms. The third-order valence-corrected chi connectivity index (χ3v) is 2.81. The largest absolute Gasteiger partial charge is 0.325 e. The maximum Gasteiger partial charge on any atom is 0.321 e. The van der Waals surface area contributed by atoms with Gasteiger partial charge in [0.05, 0.1) is 0 Å². The van der Waals surface area contributed by atoms with E-state index in [4.69, 9.17) is 0 Å².